The van der Waals surface area contributed by atoms with Gasteiger partial charge in [0, 0.05) is 31.7 Å². The number of rotatable bonds is 10. The van der Waals surface area contributed by atoms with E-state index in [1.807, 2.05) is 0 Å². The van der Waals surface area contributed by atoms with Gasteiger partial charge in [0.2, 0.25) is 0 Å². The Hall–Kier alpha value is -3.71. The Kier molecular flexibility index (Phi) is 6.85. The number of nitrogens with zero attached hydrogens (tertiary/aromatic N) is 3. The van der Waals surface area contributed by atoms with Crippen LogP contribution in [0.1, 0.15) is 64.4 Å². The van der Waals surface area contributed by atoms with Gasteiger partial charge in [-0.15, -0.1) is 10.2 Å². The van der Waals surface area contributed by atoms with E-state index in [0.717, 1.165) is 31.0 Å². The third-order valence-electron chi connectivity index (χ3n) is 8.74. The Morgan fingerprint density at radius 2 is 1.90 bits per heavy atom. The number of hydrogen-bond acceptors (Lipinski definition) is 6. The molecule has 3 N–H and O–H groups in total. The van der Waals surface area contributed by atoms with Gasteiger partial charge in [-0.3, -0.25) is 0 Å². The van der Waals surface area contributed by atoms with Crippen LogP contribution in [0.3, 0.4) is 0 Å². The van der Waals surface area contributed by atoms with Crippen LogP contribution in [0.2, 0.25) is 0 Å². The molecular formula is C32H37N5O2. The summed E-state index contributed by atoms with van der Waals surface area (Å²) in [6.45, 7) is 7.96. The van der Waals surface area contributed by atoms with Gasteiger partial charge in [-0.2, -0.15) is 5.21 Å². The van der Waals surface area contributed by atoms with E-state index < -0.39 is 0 Å². The quantitative estimate of drug-likeness (QED) is 0.227. The van der Waals surface area contributed by atoms with Crippen molar-refractivity contribution in [1.29, 1.82) is 0 Å². The number of nitrogens with one attached hydrogen (secondary N) is 2. The highest BCUT2D eigenvalue weighted by Gasteiger charge is 2.54. The van der Waals surface area contributed by atoms with Crippen molar-refractivity contribution in [2.45, 2.75) is 65.3 Å². The summed E-state index contributed by atoms with van der Waals surface area (Å²) in [5, 5.41) is 27.5. The Morgan fingerprint density at radius 3 is 2.62 bits per heavy atom. The molecule has 0 aliphatic heterocycles. The van der Waals surface area contributed by atoms with E-state index in [0.29, 0.717) is 24.4 Å². The van der Waals surface area contributed by atoms with E-state index in [4.69, 9.17) is 9.84 Å². The van der Waals surface area contributed by atoms with Crippen molar-refractivity contribution in [3.8, 4) is 16.9 Å². The molecule has 7 nitrogen and oxygen atoms in total. The Balaban J connectivity index is 1.19. The molecule has 2 aliphatic rings. The van der Waals surface area contributed by atoms with Gasteiger partial charge in [0.25, 0.3) is 0 Å². The molecule has 1 heterocycles. The molecule has 0 bridgehead atoms. The molecule has 2 aliphatic carbocycles. The van der Waals surface area contributed by atoms with Gasteiger partial charge in [-0.1, -0.05) is 29.5 Å². The lowest BCUT2D eigenvalue weighted by molar-refractivity contribution is 0.233. The molecule has 4 aromatic rings. The Labute approximate surface area is 230 Å². The Morgan fingerprint density at radius 1 is 1.08 bits per heavy atom. The van der Waals surface area contributed by atoms with E-state index >= 15 is 0 Å². The zero-order chi connectivity index (χ0) is 27.0. The number of aromatic amines is 1. The van der Waals surface area contributed by atoms with Crippen LogP contribution in [0.25, 0.3) is 11.1 Å². The second kappa shape index (κ2) is 10.5. The summed E-state index contributed by atoms with van der Waals surface area (Å²) in [6.07, 6.45) is 5.21. The van der Waals surface area contributed by atoms with E-state index in [-0.39, 0.29) is 6.61 Å². The number of ether oxygens (including phenoxy) is 1. The SMILES string of the molecule is Cc1cc(OCCCO)cc(C)c1-c1cccc(CNc2ccc3c(c2)CC2(CC2)C3Cc2nn[nH]n2)c1C. The molecule has 1 spiro atoms. The molecule has 1 unspecified atom stereocenters. The van der Waals surface area contributed by atoms with Gasteiger partial charge >= 0.3 is 0 Å². The van der Waals surface area contributed by atoms with Gasteiger partial charge in [-0.05, 0) is 120 Å². The summed E-state index contributed by atoms with van der Waals surface area (Å²) in [5.74, 6) is 2.16. The Bertz CT molecular complexity index is 1450. The van der Waals surface area contributed by atoms with Crippen LogP contribution in [0.4, 0.5) is 5.69 Å². The highest BCUT2D eigenvalue weighted by atomic mass is 16.5. The van der Waals surface area contributed by atoms with Crippen molar-refractivity contribution in [2.24, 2.45) is 5.41 Å². The molecule has 3 aromatic carbocycles. The van der Waals surface area contributed by atoms with Crippen LogP contribution in [-0.4, -0.2) is 38.9 Å². The first-order chi connectivity index (χ1) is 19.0. The fourth-order valence-electron chi connectivity index (χ4n) is 6.53. The van der Waals surface area contributed by atoms with Crippen LogP contribution in [-0.2, 0) is 19.4 Å². The van der Waals surface area contributed by atoms with E-state index in [1.165, 1.54) is 63.0 Å². The number of hydrogen-bond donors (Lipinski definition) is 3. The van der Waals surface area contributed by atoms with Crippen LogP contribution >= 0.6 is 0 Å². The van der Waals surface area contributed by atoms with Crippen molar-refractivity contribution < 1.29 is 9.84 Å². The maximum Gasteiger partial charge on any atom is 0.175 e. The number of anilines is 1. The molecule has 202 valence electrons. The summed E-state index contributed by atoms with van der Waals surface area (Å²) in [5.41, 5.74) is 12.0. The number of fused-ring (bicyclic) bond motifs is 1. The van der Waals surface area contributed by atoms with Crippen molar-refractivity contribution in [3.05, 3.63) is 87.7 Å². The summed E-state index contributed by atoms with van der Waals surface area (Å²) in [4.78, 5) is 0. The van der Waals surface area contributed by atoms with Gasteiger partial charge in [0.05, 0.1) is 6.61 Å². The average molecular weight is 524 g/mol. The number of benzene rings is 3. The van der Waals surface area contributed by atoms with E-state index in [1.54, 1.807) is 0 Å². The minimum atomic E-state index is 0.143. The summed E-state index contributed by atoms with van der Waals surface area (Å²) >= 11 is 0. The fourth-order valence-corrected chi connectivity index (χ4v) is 6.53. The minimum Gasteiger partial charge on any atom is -0.493 e. The number of H-pyrrole nitrogens is 1. The van der Waals surface area contributed by atoms with Crippen LogP contribution < -0.4 is 10.1 Å². The largest absolute Gasteiger partial charge is 0.493 e. The number of aromatic nitrogens is 4. The fraction of sp³-hybridized carbons (Fsp3) is 0.406. The second-order valence-corrected chi connectivity index (χ2v) is 11.3. The zero-order valence-electron chi connectivity index (χ0n) is 23.1. The summed E-state index contributed by atoms with van der Waals surface area (Å²) in [6, 6.07) is 17.7. The van der Waals surface area contributed by atoms with Crippen molar-refractivity contribution in [3.63, 3.8) is 0 Å². The average Bonchev–Trinajstić information content (AvgIpc) is 3.37. The monoisotopic (exact) mass is 523 g/mol. The topological polar surface area (TPSA) is 96.0 Å². The van der Waals surface area contributed by atoms with Crippen molar-refractivity contribution in [1.82, 2.24) is 20.6 Å². The lowest BCUT2D eigenvalue weighted by atomic mass is 9.86. The first-order valence-corrected chi connectivity index (χ1v) is 14.0. The smallest absolute Gasteiger partial charge is 0.175 e. The molecule has 1 aromatic heterocycles. The first kappa shape index (κ1) is 25.6. The van der Waals surface area contributed by atoms with Gasteiger partial charge in [0.1, 0.15) is 5.75 Å². The molecular weight excluding hydrogens is 486 g/mol. The number of aliphatic hydroxyl groups excluding tert-OH is 1. The number of tetrazole rings is 1. The lowest BCUT2D eigenvalue weighted by Gasteiger charge is -2.18. The maximum atomic E-state index is 9.04. The molecule has 6 rings (SSSR count). The van der Waals surface area contributed by atoms with Gasteiger partial charge in [0.15, 0.2) is 5.82 Å². The molecule has 1 atom stereocenters. The molecule has 1 saturated carbocycles. The normalized spacial score (nSPS) is 16.9. The van der Waals surface area contributed by atoms with Crippen LogP contribution in [0.15, 0.2) is 48.5 Å². The predicted molar refractivity (Wildman–Crippen MR) is 153 cm³/mol. The minimum absolute atomic E-state index is 0.143. The highest BCUT2D eigenvalue weighted by molar-refractivity contribution is 5.75. The van der Waals surface area contributed by atoms with Crippen molar-refractivity contribution >= 4 is 5.69 Å². The predicted octanol–water partition coefficient (Wildman–Crippen LogP) is 5.83. The first-order valence-electron chi connectivity index (χ1n) is 14.0. The number of aliphatic hydroxyl groups is 1. The van der Waals surface area contributed by atoms with Crippen LogP contribution in [0.5, 0.6) is 5.75 Å². The maximum absolute atomic E-state index is 9.04. The molecule has 39 heavy (non-hydrogen) atoms. The zero-order valence-corrected chi connectivity index (χ0v) is 23.1. The van der Waals surface area contributed by atoms with Gasteiger partial charge < -0.3 is 15.2 Å². The lowest BCUT2D eigenvalue weighted by Crippen LogP contribution is -2.12. The second-order valence-electron chi connectivity index (χ2n) is 11.3. The standard InChI is InChI=1S/C32H37N5O2/c1-20-14-26(39-13-5-12-38)15-21(2)31(20)27-7-4-6-23(22(27)3)19-33-25-8-9-28-24(16-25)18-32(10-11-32)29(28)17-30-34-36-37-35-30/h4,6-9,14-16,29,33,38H,5,10-13,17-19H2,1-3H3,(H,34,35,36,37). The molecule has 0 saturated heterocycles. The third-order valence-corrected chi connectivity index (χ3v) is 8.74. The van der Waals surface area contributed by atoms with E-state index in [9.17, 15) is 0 Å². The molecule has 0 radical (unpaired) electrons. The van der Waals surface area contributed by atoms with Crippen LogP contribution in [0, 0.1) is 26.2 Å². The summed E-state index contributed by atoms with van der Waals surface area (Å²) in [7, 11) is 0. The molecule has 7 heteroatoms. The van der Waals surface area contributed by atoms with Crippen molar-refractivity contribution in [2.75, 3.05) is 18.5 Å². The highest BCUT2D eigenvalue weighted by Crippen LogP contribution is 2.63. The summed E-state index contributed by atoms with van der Waals surface area (Å²) < 4.78 is 5.84. The van der Waals surface area contributed by atoms with Gasteiger partial charge in [-0.25, -0.2) is 0 Å². The third kappa shape index (κ3) is 5.03. The van der Waals surface area contributed by atoms with E-state index in [2.05, 4.69) is 95.2 Å². The molecule has 0 amide bonds. The molecule has 1 fully saturated rings. The number of aryl methyl sites for hydroxylation is 2.